The lowest BCUT2D eigenvalue weighted by molar-refractivity contribution is 0.122. The number of fused-ring (bicyclic) bond motifs is 1. The summed E-state index contributed by atoms with van der Waals surface area (Å²) in [5, 5.41) is 1.10. The SMILES string of the molecule is Nc1ccc2c(N3CCCCC3)cc(N3CCOCC3)nc2n1. The number of piperidine rings is 1. The van der Waals surface area contributed by atoms with E-state index >= 15 is 0 Å². The molecule has 0 atom stereocenters. The molecule has 2 aromatic heterocycles. The Balaban J connectivity index is 1.80. The van der Waals surface area contributed by atoms with Crippen LogP contribution in [0, 0.1) is 0 Å². The minimum atomic E-state index is 0.522. The zero-order valence-electron chi connectivity index (χ0n) is 13.4. The molecule has 2 saturated heterocycles. The number of aromatic nitrogens is 2. The van der Waals surface area contributed by atoms with Crippen LogP contribution in [-0.2, 0) is 4.74 Å². The highest BCUT2D eigenvalue weighted by Crippen LogP contribution is 2.32. The molecule has 0 radical (unpaired) electrons. The summed E-state index contributed by atoms with van der Waals surface area (Å²) in [5.74, 6) is 1.51. The molecule has 4 rings (SSSR count). The van der Waals surface area contributed by atoms with Gasteiger partial charge in [0.15, 0.2) is 5.65 Å². The molecule has 6 nitrogen and oxygen atoms in total. The lowest BCUT2D eigenvalue weighted by Gasteiger charge is -2.32. The van der Waals surface area contributed by atoms with Crippen molar-refractivity contribution in [3.8, 4) is 0 Å². The summed E-state index contributed by atoms with van der Waals surface area (Å²) in [4.78, 5) is 14.0. The standard InChI is InChI=1S/C17H23N5O/c18-15-5-4-13-14(21-6-2-1-3-7-21)12-16(20-17(13)19-15)22-8-10-23-11-9-22/h4-5,12H,1-3,6-11H2,(H2,18,19,20). The van der Waals surface area contributed by atoms with Gasteiger partial charge in [0.25, 0.3) is 0 Å². The molecule has 122 valence electrons. The second-order valence-corrected chi connectivity index (χ2v) is 6.25. The van der Waals surface area contributed by atoms with E-state index in [9.17, 15) is 0 Å². The first-order chi connectivity index (χ1) is 11.3. The highest BCUT2D eigenvalue weighted by molar-refractivity contribution is 5.92. The van der Waals surface area contributed by atoms with Crippen LogP contribution in [0.5, 0.6) is 0 Å². The molecule has 2 fully saturated rings. The van der Waals surface area contributed by atoms with E-state index in [0.717, 1.165) is 56.2 Å². The lowest BCUT2D eigenvalue weighted by Crippen LogP contribution is -2.37. The van der Waals surface area contributed by atoms with E-state index in [1.54, 1.807) is 0 Å². The van der Waals surface area contributed by atoms with Gasteiger partial charge in [-0.05, 0) is 31.4 Å². The second kappa shape index (κ2) is 6.20. The summed E-state index contributed by atoms with van der Waals surface area (Å²) < 4.78 is 5.46. The number of hydrogen-bond acceptors (Lipinski definition) is 6. The van der Waals surface area contributed by atoms with Crippen molar-refractivity contribution in [2.75, 3.05) is 54.9 Å². The smallest absolute Gasteiger partial charge is 0.165 e. The van der Waals surface area contributed by atoms with E-state index < -0.39 is 0 Å². The van der Waals surface area contributed by atoms with E-state index in [2.05, 4.69) is 26.9 Å². The highest BCUT2D eigenvalue weighted by atomic mass is 16.5. The zero-order chi connectivity index (χ0) is 15.6. The Hall–Kier alpha value is -2.08. The Labute approximate surface area is 136 Å². The summed E-state index contributed by atoms with van der Waals surface area (Å²) >= 11 is 0. The van der Waals surface area contributed by atoms with Crippen molar-refractivity contribution in [2.45, 2.75) is 19.3 Å². The molecule has 2 aromatic rings. The van der Waals surface area contributed by atoms with Gasteiger partial charge in [-0.25, -0.2) is 9.97 Å². The van der Waals surface area contributed by atoms with Crippen molar-refractivity contribution in [2.24, 2.45) is 0 Å². The summed E-state index contributed by atoms with van der Waals surface area (Å²) in [5.41, 5.74) is 7.87. The van der Waals surface area contributed by atoms with E-state index in [4.69, 9.17) is 15.5 Å². The summed E-state index contributed by atoms with van der Waals surface area (Å²) in [7, 11) is 0. The van der Waals surface area contributed by atoms with Crippen LogP contribution in [0.25, 0.3) is 11.0 Å². The van der Waals surface area contributed by atoms with E-state index in [1.807, 2.05) is 6.07 Å². The topological polar surface area (TPSA) is 67.5 Å². The van der Waals surface area contributed by atoms with E-state index in [-0.39, 0.29) is 0 Å². The summed E-state index contributed by atoms with van der Waals surface area (Å²) in [6.45, 7) is 5.46. The van der Waals surface area contributed by atoms with Gasteiger partial charge in [-0.15, -0.1) is 0 Å². The number of ether oxygens (including phenoxy) is 1. The van der Waals surface area contributed by atoms with Crippen LogP contribution in [0.3, 0.4) is 0 Å². The number of nitrogens with two attached hydrogens (primary N) is 1. The van der Waals surface area contributed by atoms with Crippen LogP contribution in [0.4, 0.5) is 17.3 Å². The first-order valence-corrected chi connectivity index (χ1v) is 8.46. The molecule has 4 heterocycles. The Morgan fingerprint density at radius 3 is 2.48 bits per heavy atom. The van der Waals surface area contributed by atoms with Crippen LogP contribution < -0.4 is 15.5 Å². The summed E-state index contributed by atoms with van der Waals surface area (Å²) in [6.07, 6.45) is 3.82. The zero-order valence-corrected chi connectivity index (χ0v) is 13.4. The molecule has 0 aliphatic carbocycles. The fourth-order valence-corrected chi connectivity index (χ4v) is 3.44. The molecular formula is C17H23N5O. The minimum Gasteiger partial charge on any atom is -0.384 e. The third-order valence-electron chi connectivity index (χ3n) is 4.69. The van der Waals surface area contributed by atoms with Crippen LogP contribution in [-0.4, -0.2) is 49.4 Å². The van der Waals surface area contributed by atoms with Crippen LogP contribution in [0.1, 0.15) is 19.3 Å². The largest absolute Gasteiger partial charge is 0.384 e. The molecule has 2 aliphatic heterocycles. The quantitative estimate of drug-likeness (QED) is 0.915. The van der Waals surface area contributed by atoms with Gasteiger partial charge in [-0.2, -0.15) is 0 Å². The maximum atomic E-state index is 5.88. The number of nitrogens with zero attached hydrogens (tertiary/aromatic N) is 4. The number of rotatable bonds is 2. The maximum absolute atomic E-state index is 5.88. The Kier molecular flexibility index (Phi) is 3.91. The number of nitrogen functional groups attached to an aromatic ring is 1. The molecule has 6 heteroatoms. The molecule has 0 amide bonds. The molecule has 0 bridgehead atoms. The summed E-state index contributed by atoms with van der Waals surface area (Å²) in [6, 6.07) is 6.14. The van der Waals surface area contributed by atoms with Gasteiger partial charge in [0.05, 0.1) is 18.9 Å². The molecule has 2 N–H and O–H groups in total. The second-order valence-electron chi connectivity index (χ2n) is 6.25. The number of hydrogen-bond donors (Lipinski definition) is 1. The van der Waals surface area contributed by atoms with Crippen LogP contribution >= 0.6 is 0 Å². The first-order valence-electron chi connectivity index (χ1n) is 8.46. The monoisotopic (exact) mass is 313 g/mol. The van der Waals surface area contributed by atoms with Crippen molar-refractivity contribution < 1.29 is 4.74 Å². The van der Waals surface area contributed by atoms with Crippen molar-refractivity contribution >= 4 is 28.4 Å². The first kappa shape index (κ1) is 14.5. The molecule has 0 unspecified atom stereocenters. The molecule has 23 heavy (non-hydrogen) atoms. The third-order valence-corrected chi connectivity index (χ3v) is 4.69. The highest BCUT2D eigenvalue weighted by Gasteiger charge is 2.19. The Morgan fingerprint density at radius 2 is 1.70 bits per heavy atom. The average molecular weight is 313 g/mol. The molecule has 0 spiro atoms. The number of morpholine rings is 1. The predicted octanol–water partition coefficient (Wildman–Crippen LogP) is 2.04. The van der Waals surface area contributed by atoms with Gasteiger partial charge in [-0.1, -0.05) is 0 Å². The molecule has 2 aliphatic rings. The van der Waals surface area contributed by atoms with Crippen molar-refractivity contribution in [3.05, 3.63) is 18.2 Å². The van der Waals surface area contributed by atoms with E-state index in [0.29, 0.717) is 5.82 Å². The molecular weight excluding hydrogens is 290 g/mol. The number of anilines is 3. The van der Waals surface area contributed by atoms with Gasteiger partial charge in [-0.3, -0.25) is 0 Å². The number of pyridine rings is 2. The average Bonchev–Trinajstić information content (AvgIpc) is 2.62. The van der Waals surface area contributed by atoms with Crippen LogP contribution in [0.15, 0.2) is 18.2 Å². The molecule has 0 saturated carbocycles. The fraction of sp³-hybridized carbons (Fsp3) is 0.529. The lowest BCUT2D eigenvalue weighted by atomic mass is 10.1. The Bertz CT molecular complexity index is 693. The van der Waals surface area contributed by atoms with Gasteiger partial charge >= 0.3 is 0 Å². The fourth-order valence-electron chi connectivity index (χ4n) is 3.44. The maximum Gasteiger partial charge on any atom is 0.165 e. The van der Waals surface area contributed by atoms with Crippen molar-refractivity contribution in [3.63, 3.8) is 0 Å². The molecule has 0 aromatic carbocycles. The van der Waals surface area contributed by atoms with Crippen LogP contribution in [0.2, 0.25) is 0 Å². The van der Waals surface area contributed by atoms with Gasteiger partial charge in [0, 0.05) is 37.6 Å². The predicted molar refractivity (Wildman–Crippen MR) is 93.0 cm³/mol. The minimum absolute atomic E-state index is 0.522. The van der Waals surface area contributed by atoms with Crippen molar-refractivity contribution in [1.29, 1.82) is 0 Å². The van der Waals surface area contributed by atoms with E-state index in [1.165, 1.54) is 24.9 Å². The normalized spacial score (nSPS) is 19.3. The third kappa shape index (κ3) is 2.91. The Morgan fingerprint density at radius 1 is 0.913 bits per heavy atom. The van der Waals surface area contributed by atoms with Gasteiger partial charge in [0.1, 0.15) is 11.6 Å². The van der Waals surface area contributed by atoms with Gasteiger partial charge in [0.2, 0.25) is 0 Å². The van der Waals surface area contributed by atoms with Crippen molar-refractivity contribution in [1.82, 2.24) is 9.97 Å². The van der Waals surface area contributed by atoms with Gasteiger partial charge < -0.3 is 20.3 Å².